The Balaban J connectivity index is 4.34. The van der Waals surface area contributed by atoms with Gasteiger partial charge in [-0.2, -0.15) is 0 Å². The Hall–Kier alpha value is -1.25. The van der Waals surface area contributed by atoms with Crippen LogP contribution >= 0.6 is 0 Å². The number of amides is 1. The molecule has 80 valence electrons. The minimum absolute atomic E-state index is 0.388. The van der Waals surface area contributed by atoms with Crippen LogP contribution in [-0.4, -0.2) is 23.6 Å². The molecule has 3 nitrogen and oxygen atoms in total. The molecule has 3 heteroatoms. The number of rotatable bonds is 2. The van der Waals surface area contributed by atoms with E-state index >= 15 is 0 Å². The van der Waals surface area contributed by atoms with Gasteiger partial charge in [0.1, 0.15) is 5.60 Å². The highest BCUT2D eigenvalue weighted by Gasteiger charge is 2.19. The van der Waals surface area contributed by atoms with Crippen molar-refractivity contribution in [3.63, 3.8) is 0 Å². The highest BCUT2D eigenvalue weighted by atomic mass is 16.6. The normalized spacial score (nSPS) is 11.5. The van der Waals surface area contributed by atoms with Crippen LogP contribution in [0.1, 0.15) is 27.7 Å². The van der Waals surface area contributed by atoms with Gasteiger partial charge in [-0.1, -0.05) is 12.7 Å². The number of hydrogen-bond acceptors (Lipinski definition) is 2. The Labute approximate surface area is 86.0 Å². The Kier molecular flexibility index (Phi) is 4.41. The summed E-state index contributed by atoms with van der Waals surface area (Å²) in [6, 6.07) is 0. The molecule has 0 spiro atoms. The van der Waals surface area contributed by atoms with Gasteiger partial charge in [0.15, 0.2) is 0 Å². The molecule has 0 fully saturated rings. The van der Waals surface area contributed by atoms with Crippen LogP contribution in [-0.2, 0) is 4.74 Å². The minimum atomic E-state index is -0.471. The van der Waals surface area contributed by atoms with Crippen LogP contribution in [0.4, 0.5) is 4.79 Å². The van der Waals surface area contributed by atoms with Crippen molar-refractivity contribution in [1.29, 1.82) is 0 Å². The van der Waals surface area contributed by atoms with Crippen LogP contribution in [0.5, 0.6) is 0 Å². The fourth-order valence-corrected chi connectivity index (χ4v) is 0.752. The summed E-state index contributed by atoms with van der Waals surface area (Å²) in [6.45, 7) is 11.1. The van der Waals surface area contributed by atoms with Gasteiger partial charge in [0, 0.05) is 12.7 Å². The largest absolute Gasteiger partial charge is 0.443 e. The van der Waals surface area contributed by atoms with Crippen molar-refractivity contribution in [2.45, 2.75) is 33.3 Å². The van der Waals surface area contributed by atoms with Crippen molar-refractivity contribution in [2.24, 2.45) is 0 Å². The quantitative estimate of drug-likeness (QED) is 0.637. The van der Waals surface area contributed by atoms with Crippen LogP contribution in [0.25, 0.3) is 0 Å². The van der Waals surface area contributed by atoms with Gasteiger partial charge in [0.25, 0.3) is 0 Å². The summed E-state index contributed by atoms with van der Waals surface area (Å²) in [5.41, 5.74) is 0.142. The third kappa shape index (κ3) is 4.70. The first-order chi connectivity index (χ1) is 6.28. The molecule has 0 aromatic heterocycles. The lowest BCUT2D eigenvalue weighted by Gasteiger charge is -2.24. The summed E-state index contributed by atoms with van der Waals surface area (Å²) in [5, 5.41) is 0. The van der Waals surface area contributed by atoms with Gasteiger partial charge in [-0.25, -0.2) is 4.79 Å². The van der Waals surface area contributed by atoms with Crippen LogP contribution < -0.4 is 0 Å². The first-order valence-corrected chi connectivity index (χ1v) is 4.56. The molecule has 0 rings (SSSR count). The topological polar surface area (TPSA) is 29.5 Å². The monoisotopic (exact) mass is 197 g/mol. The molecule has 0 unspecified atom stereocenters. The molecule has 0 aromatic carbocycles. The van der Waals surface area contributed by atoms with E-state index in [4.69, 9.17) is 4.74 Å². The fraction of sp³-hybridized carbons (Fsp3) is 0.545. The maximum atomic E-state index is 11.5. The summed E-state index contributed by atoms with van der Waals surface area (Å²) in [4.78, 5) is 12.9. The van der Waals surface area contributed by atoms with Gasteiger partial charge < -0.3 is 4.74 Å². The molecule has 0 aliphatic rings. The molecule has 0 saturated heterocycles. The van der Waals surface area contributed by atoms with E-state index in [-0.39, 0.29) is 6.09 Å². The standard InChI is InChI=1S/C11H19NO2/c1-7-8-9(2)12(6)10(13)14-11(3,4)5/h7-8H,2H2,1,3-6H3/b8-7-. The van der Waals surface area contributed by atoms with Gasteiger partial charge in [-0.3, -0.25) is 4.90 Å². The lowest BCUT2D eigenvalue weighted by molar-refractivity contribution is 0.0360. The fourth-order valence-electron chi connectivity index (χ4n) is 0.752. The highest BCUT2D eigenvalue weighted by molar-refractivity contribution is 5.70. The first kappa shape index (κ1) is 12.8. The molecule has 0 aliphatic carbocycles. The van der Waals surface area contributed by atoms with Crippen LogP contribution in [0.2, 0.25) is 0 Å². The molecule has 0 bridgehead atoms. The number of carbonyl (C=O) groups excluding carboxylic acids is 1. The molecule has 0 heterocycles. The van der Waals surface area contributed by atoms with Gasteiger partial charge in [0.2, 0.25) is 0 Å². The SMILES string of the molecule is C=C(/C=C\C)N(C)C(=O)OC(C)(C)C. The molecule has 1 amide bonds. The number of nitrogens with zero attached hydrogens (tertiary/aromatic N) is 1. The van der Waals surface area contributed by atoms with Gasteiger partial charge >= 0.3 is 6.09 Å². The van der Waals surface area contributed by atoms with E-state index in [0.29, 0.717) is 5.70 Å². The van der Waals surface area contributed by atoms with Gasteiger partial charge in [-0.05, 0) is 33.8 Å². The second-order valence-corrected chi connectivity index (χ2v) is 4.03. The van der Waals surface area contributed by atoms with E-state index in [0.717, 1.165) is 0 Å². The zero-order valence-corrected chi connectivity index (χ0v) is 9.63. The molecule has 0 N–H and O–H groups in total. The smallest absolute Gasteiger partial charge is 0.414 e. The van der Waals surface area contributed by atoms with Crippen molar-refractivity contribution in [3.8, 4) is 0 Å². The van der Waals surface area contributed by atoms with Crippen molar-refractivity contribution in [3.05, 3.63) is 24.4 Å². The molecule has 0 radical (unpaired) electrons. The molecular formula is C11H19NO2. The summed E-state index contributed by atoms with van der Waals surface area (Å²) in [6.07, 6.45) is 3.19. The number of ether oxygens (including phenoxy) is 1. The average molecular weight is 197 g/mol. The predicted octanol–water partition coefficient (Wildman–Crippen LogP) is 2.94. The number of carbonyl (C=O) groups is 1. The highest BCUT2D eigenvalue weighted by Crippen LogP contribution is 2.11. The second-order valence-electron chi connectivity index (χ2n) is 4.03. The zero-order chi connectivity index (χ0) is 11.4. The summed E-state index contributed by atoms with van der Waals surface area (Å²) < 4.78 is 5.16. The van der Waals surface area contributed by atoms with E-state index in [1.54, 1.807) is 13.1 Å². The summed E-state index contributed by atoms with van der Waals surface area (Å²) >= 11 is 0. The van der Waals surface area contributed by atoms with Crippen molar-refractivity contribution in [2.75, 3.05) is 7.05 Å². The number of hydrogen-bond donors (Lipinski definition) is 0. The lowest BCUT2D eigenvalue weighted by atomic mass is 10.2. The Morgan fingerprint density at radius 2 is 1.93 bits per heavy atom. The van der Waals surface area contributed by atoms with Crippen LogP contribution in [0.3, 0.4) is 0 Å². The Bertz CT molecular complexity index is 249. The summed E-state index contributed by atoms with van der Waals surface area (Å²) in [7, 11) is 1.64. The third-order valence-electron chi connectivity index (χ3n) is 1.46. The predicted molar refractivity (Wildman–Crippen MR) is 58.0 cm³/mol. The van der Waals surface area contributed by atoms with E-state index in [1.807, 2.05) is 33.8 Å². The van der Waals surface area contributed by atoms with Crippen molar-refractivity contribution < 1.29 is 9.53 Å². The molecule has 0 atom stereocenters. The molecular weight excluding hydrogens is 178 g/mol. The van der Waals surface area contributed by atoms with E-state index < -0.39 is 5.60 Å². The number of likely N-dealkylation sites (N-methyl/N-ethyl adjacent to an activating group) is 1. The lowest BCUT2D eigenvalue weighted by Crippen LogP contribution is -2.33. The first-order valence-electron chi connectivity index (χ1n) is 4.56. The molecule has 0 aliphatic heterocycles. The third-order valence-corrected chi connectivity index (χ3v) is 1.46. The Morgan fingerprint density at radius 1 is 1.43 bits per heavy atom. The Morgan fingerprint density at radius 3 is 2.29 bits per heavy atom. The van der Waals surface area contributed by atoms with Crippen molar-refractivity contribution >= 4 is 6.09 Å². The van der Waals surface area contributed by atoms with Crippen molar-refractivity contribution in [1.82, 2.24) is 4.90 Å². The zero-order valence-electron chi connectivity index (χ0n) is 9.63. The van der Waals surface area contributed by atoms with E-state index in [1.165, 1.54) is 4.90 Å². The van der Waals surface area contributed by atoms with Gasteiger partial charge in [-0.15, -0.1) is 0 Å². The number of allylic oxidation sites excluding steroid dienone is 2. The minimum Gasteiger partial charge on any atom is -0.443 e. The average Bonchev–Trinajstić information content (AvgIpc) is 2.00. The second kappa shape index (κ2) is 4.84. The van der Waals surface area contributed by atoms with Crippen LogP contribution in [0, 0.1) is 0 Å². The van der Waals surface area contributed by atoms with Crippen LogP contribution in [0.15, 0.2) is 24.4 Å². The maximum absolute atomic E-state index is 11.5. The maximum Gasteiger partial charge on any atom is 0.414 e. The molecule has 14 heavy (non-hydrogen) atoms. The van der Waals surface area contributed by atoms with E-state index in [9.17, 15) is 4.79 Å². The summed E-state index contributed by atoms with van der Waals surface area (Å²) in [5.74, 6) is 0. The molecule has 0 aromatic rings. The van der Waals surface area contributed by atoms with E-state index in [2.05, 4.69) is 6.58 Å². The van der Waals surface area contributed by atoms with Gasteiger partial charge in [0.05, 0.1) is 0 Å². The molecule has 0 saturated carbocycles.